The zero-order valence-electron chi connectivity index (χ0n) is 14.2. The predicted octanol–water partition coefficient (Wildman–Crippen LogP) is 3.32. The molecule has 2 aromatic carbocycles. The lowest BCUT2D eigenvalue weighted by Crippen LogP contribution is -2.32. The van der Waals surface area contributed by atoms with Crippen molar-refractivity contribution in [3.63, 3.8) is 0 Å². The molecule has 25 heavy (non-hydrogen) atoms. The van der Waals surface area contributed by atoms with Crippen LogP contribution in [0, 0.1) is 12.7 Å². The third kappa shape index (κ3) is 5.29. The van der Waals surface area contributed by atoms with Crippen LogP contribution in [0.15, 0.2) is 48.5 Å². The molecule has 0 fully saturated rings. The molecule has 0 radical (unpaired) electrons. The summed E-state index contributed by atoms with van der Waals surface area (Å²) in [5, 5.41) is 2.79. The van der Waals surface area contributed by atoms with E-state index in [0.29, 0.717) is 0 Å². The number of sulfonamides is 1. The standard InChI is InChI=1S/C18H21FN2O3S/c1-14-8-3-5-10-16(14)20-18(22)12-7-13-21(25(2,23)24)17-11-6-4-9-15(17)19/h3-6,8-11H,7,12-13H2,1-2H3,(H,20,22). The molecule has 0 heterocycles. The minimum Gasteiger partial charge on any atom is -0.326 e. The molecule has 0 aliphatic heterocycles. The fourth-order valence-corrected chi connectivity index (χ4v) is 3.39. The first kappa shape index (κ1) is 18.9. The highest BCUT2D eigenvalue weighted by atomic mass is 32.2. The molecule has 0 aromatic heterocycles. The molecule has 0 aliphatic carbocycles. The second kappa shape index (κ2) is 8.11. The van der Waals surface area contributed by atoms with Crippen molar-refractivity contribution < 1.29 is 17.6 Å². The van der Waals surface area contributed by atoms with E-state index < -0.39 is 15.8 Å². The summed E-state index contributed by atoms with van der Waals surface area (Å²) in [5.74, 6) is -0.825. The summed E-state index contributed by atoms with van der Waals surface area (Å²) in [5.41, 5.74) is 1.66. The van der Waals surface area contributed by atoms with E-state index in [-0.39, 0.29) is 31.0 Å². The third-order valence-corrected chi connectivity index (χ3v) is 4.89. The quantitative estimate of drug-likeness (QED) is 0.820. The summed E-state index contributed by atoms with van der Waals surface area (Å²) in [6, 6.07) is 13.1. The van der Waals surface area contributed by atoms with Gasteiger partial charge in [0.1, 0.15) is 5.82 Å². The number of anilines is 2. The van der Waals surface area contributed by atoms with Gasteiger partial charge in [0.05, 0.1) is 11.9 Å². The number of halogens is 1. The van der Waals surface area contributed by atoms with Crippen LogP contribution in [0.25, 0.3) is 0 Å². The zero-order valence-corrected chi connectivity index (χ0v) is 15.0. The molecule has 0 unspecified atom stereocenters. The normalized spacial score (nSPS) is 11.2. The SMILES string of the molecule is Cc1ccccc1NC(=O)CCCN(c1ccccc1F)S(C)(=O)=O. The number of aryl methyl sites for hydroxylation is 1. The highest BCUT2D eigenvalue weighted by molar-refractivity contribution is 7.92. The number of amides is 1. The van der Waals surface area contributed by atoms with Gasteiger partial charge in [-0.1, -0.05) is 30.3 Å². The van der Waals surface area contributed by atoms with Gasteiger partial charge in [0.2, 0.25) is 15.9 Å². The Kier molecular flexibility index (Phi) is 6.14. The number of rotatable bonds is 7. The molecule has 0 saturated heterocycles. The summed E-state index contributed by atoms with van der Waals surface area (Å²) >= 11 is 0. The molecule has 2 aromatic rings. The summed E-state index contributed by atoms with van der Waals surface area (Å²) in [4.78, 5) is 12.0. The molecule has 1 N–H and O–H groups in total. The lowest BCUT2D eigenvalue weighted by Gasteiger charge is -2.22. The highest BCUT2D eigenvalue weighted by Crippen LogP contribution is 2.22. The van der Waals surface area contributed by atoms with Crippen LogP contribution in [-0.4, -0.2) is 27.1 Å². The summed E-state index contributed by atoms with van der Waals surface area (Å²) in [6.07, 6.45) is 1.43. The minimum atomic E-state index is -3.64. The van der Waals surface area contributed by atoms with Gasteiger partial charge in [-0.25, -0.2) is 12.8 Å². The average molecular weight is 364 g/mol. The topological polar surface area (TPSA) is 66.5 Å². The molecule has 0 bridgehead atoms. The van der Waals surface area contributed by atoms with E-state index in [1.165, 1.54) is 18.2 Å². The average Bonchev–Trinajstić information content (AvgIpc) is 2.54. The number of benzene rings is 2. The zero-order chi connectivity index (χ0) is 18.4. The lowest BCUT2D eigenvalue weighted by atomic mass is 10.2. The van der Waals surface area contributed by atoms with E-state index in [4.69, 9.17) is 0 Å². The Morgan fingerprint density at radius 1 is 1.12 bits per heavy atom. The van der Waals surface area contributed by atoms with Crippen LogP contribution in [-0.2, 0) is 14.8 Å². The maximum Gasteiger partial charge on any atom is 0.232 e. The Balaban J connectivity index is 1.99. The molecule has 7 heteroatoms. The van der Waals surface area contributed by atoms with Crippen molar-refractivity contribution >= 4 is 27.3 Å². The molecule has 0 spiro atoms. The van der Waals surface area contributed by atoms with Crippen LogP contribution in [0.3, 0.4) is 0 Å². The molecule has 134 valence electrons. The fraction of sp³-hybridized carbons (Fsp3) is 0.278. The van der Waals surface area contributed by atoms with Crippen LogP contribution >= 0.6 is 0 Å². The monoisotopic (exact) mass is 364 g/mol. The fourth-order valence-electron chi connectivity index (χ4n) is 2.43. The maximum absolute atomic E-state index is 13.9. The van der Waals surface area contributed by atoms with Gasteiger partial charge >= 0.3 is 0 Å². The van der Waals surface area contributed by atoms with Crippen molar-refractivity contribution in [1.82, 2.24) is 0 Å². The van der Waals surface area contributed by atoms with Crippen molar-refractivity contribution in [2.75, 3.05) is 22.4 Å². The molecule has 2 rings (SSSR count). The highest BCUT2D eigenvalue weighted by Gasteiger charge is 2.20. The smallest absolute Gasteiger partial charge is 0.232 e. The number of carbonyl (C=O) groups is 1. The van der Waals surface area contributed by atoms with Crippen LogP contribution in [0.5, 0.6) is 0 Å². The van der Waals surface area contributed by atoms with Crippen LogP contribution < -0.4 is 9.62 Å². The number of nitrogens with zero attached hydrogens (tertiary/aromatic N) is 1. The van der Waals surface area contributed by atoms with Gasteiger partial charge in [0, 0.05) is 18.7 Å². The molecule has 0 aliphatic rings. The third-order valence-electron chi connectivity index (χ3n) is 3.71. The minimum absolute atomic E-state index is 0.00990. The van der Waals surface area contributed by atoms with Gasteiger partial charge in [-0.05, 0) is 37.1 Å². The van der Waals surface area contributed by atoms with Crippen LogP contribution in [0.2, 0.25) is 0 Å². The van der Waals surface area contributed by atoms with E-state index in [2.05, 4.69) is 5.32 Å². The Morgan fingerprint density at radius 3 is 2.40 bits per heavy atom. The Hall–Kier alpha value is -2.41. The van der Waals surface area contributed by atoms with Gasteiger partial charge < -0.3 is 5.32 Å². The number of nitrogens with one attached hydrogen (secondary N) is 1. The van der Waals surface area contributed by atoms with Crippen molar-refractivity contribution in [2.24, 2.45) is 0 Å². The van der Waals surface area contributed by atoms with Crippen LogP contribution in [0.1, 0.15) is 18.4 Å². The van der Waals surface area contributed by atoms with Gasteiger partial charge in [0.15, 0.2) is 0 Å². The van der Waals surface area contributed by atoms with Crippen molar-refractivity contribution in [2.45, 2.75) is 19.8 Å². The van der Waals surface area contributed by atoms with E-state index >= 15 is 0 Å². The van der Waals surface area contributed by atoms with E-state index in [9.17, 15) is 17.6 Å². The van der Waals surface area contributed by atoms with Crippen molar-refractivity contribution in [1.29, 1.82) is 0 Å². The number of hydrogen-bond acceptors (Lipinski definition) is 3. The van der Waals surface area contributed by atoms with E-state index in [1.54, 1.807) is 12.1 Å². The Labute approximate surface area is 147 Å². The van der Waals surface area contributed by atoms with Gasteiger partial charge in [-0.15, -0.1) is 0 Å². The van der Waals surface area contributed by atoms with Crippen LogP contribution in [0.4, 0.5) is 15.8 Å². The first-order valence-corrected chi connectivity index (χ1v) is 9.71. The Morgan fingerprint density at radius 2 is 1.76 bits per heavy atom. The predicted molar refractivity (Wildman–Crippen MR) is 97.6 cm³/mol. The molecule has 1 amide bonds. The van der Waals surface area contributed by atoms with Gasteiger partial charge in [0.25, 0.3) is 0 Å². The van der Waals surface area contributed by atoms with Gasteiger partial charge in [-0.2, -0.15) is 0 Å². The number of carbonyl (C=O) groups excluding carboxylic acids is 1. The van der Waals surface area contributed by atoms with E-state index in [1.807, 2.05) is 25.1 Å². The maximum atomic E-state index is 13.9. The molecular formula is C18H21FN2O3S. The second-order valence-electron chi connectivity index (χ2n) is 5.75. The number of hydrogen-bond donors (Lipinski definition) is 1. The van der Waals surface area contributed by atoms with Gasteiger partial charge in [-0.3, -0.25) is 9.10 Å². The first-order valence-electron chi connectivity index (χ1n) is 7.87. The Bertz CT molecular complexity index is 853. The van der Waals surface area contributed by atoms with Crippen molar-refractivity contribution in [3.05, 3.63) is 59.9 Å². The van der Waals surface area contributed by atoms with E-state index in [0.717, 1.165) is 21.8 Å². The number of para-hydroxylation sites is 2. The summed E-state index contributed by atoms with van der Waals surface area (Å²) in [6.45, 7) is 1.92. The molecule has 0 saturated carbocycles. The molecule has 0 atom stereocenters. The molecule has 5 nitrogen and oxygen atoms in total. The second-order valence-corrected chi connectivity index (χ2v) is 7.66. The summed E-state index contributed by atoms with van der Waals surface area (Å²) in [7, 11) is -3.64. The molecular weight excluding hydrogens is 343 g/mol. The van der Waals surface area contributed by atoms with Crippen molar-refractivity contribution in [3.8, 4) is 0 Å². The lowest BCUT2D eigenvalue weighted by molar-refractivity contribution is -0.116. The summed E-state index contributed by atoms with van der Waals surface area (Å²) < 4.78 is 38.8. The first-order chi connectivity index (χ1) is 11.8. The largest absolute Gasteiger partial charge is 0.326 e.